The van der Waals surface area contributed by atoms with Crippen molar-refractivity contribution in [2.75, 3.05) is 46.8 Å². The van der Waals surface area contributed by atoms with Crippen LogP contribution in [-0.4, -0.2) is 69.8 Å². The molecular formula is C50H70N4O3. The van der Waals surface area contributed by atoms with Gasteiger partial charge in [-0.15, -0.1) is 12.8 Å². The molecule has 57 heavy (non-hydrogen) atoms. The maximum atomic E-state index is 12.3. The topological polar surface area (TPSA) is 90.5 Å². The molecular weight excluding hydrogens is 705 g/mol. The van der Waals surface area contributed by atoms with Crippen molar-refractivity contribution in [1.82, 2.24) is 20.9 Å². The van der Waals surface area contributed by atoms with E-state index in [1.54, 1.807) is 14.1 Å². The lowest BCUT2D eigenvalue weighted by Gasteiger charge is -2.40. The summed E-state index contributed by atoms with van der Waals surface area (Å²) in [6.45, 7) is 18.5. The van der Waals surface area contributed by atoms with Crippen molar-refractivity contribution in [2.45, 2.75) is 106 Å². The Hall–Kier alpha value is -4.87. The van der Waals surface area contributed by atoms with Crippen LogP contribution in [0.1, 0.15) is 117 Å². The molecule has 0 aromatic heterocycles. The Labute approximate surface area is 346 Å². The molecule has 0 saturated carbocycles. The van der Waals surface area contributed by atoms with Crippen molar-refractivity contribution in [3.8, 4) is 36.5 Å². The normalized spacial score (nSPS) is 16.5. The summed E-state index contributed by atoms with van der Waals surface area (Å²) in [7, 11) is 3.41. The van der Waals surface area contributed by atoms with Crippen LogP contribution in [0, 0.1) is 47.4 Å². The van der Waals surface area contributed by atoms with Crippen LogP contribution in [0.2, 0.25) is 0 Å². The molecule has 2 aliphatic carbocycles. The lowest BCUT2D eigenvalue weighted by Crippen LogP contribution is -2.42. The Morgan fingerprint density at radius 3 is 1.51 bits per heavy atom. The minimum atomic E-state index is 0. The van der Waals surface area contributed by atoms with E-state index in [9.17, 15) is 14.4 Å². The second kappa shape index (κ2) is 22.8. The van der Waals surface area contributed by atoms with Gasteiger partial charge in [0.25, 0.3) is 11.8 Å². The van der Waals surface area contributed by atoms with Gasteiger partial charge in [-0.05, 0) is 122 Å². The van der Waals surface area contributed by atoms with Gasteiger partial charge < -0.3 is 25.6 Å². The van der Waals surface area contributed by atoms with Gasteiger partial charge >= 0.3 is 0 Å². The molecule has 2 aromatic carbocycles. The number of carbonyl (C=O) groups excluding carboxylic acids is 3. The maximum Gasteiger partial charge on any atom is 0.251 e. The number of nitrogens with one attached hydrogen (secondary N) is 3. The molecule has 0 unspecified atom stereocenters. The number of aldehydes is 1. The molecule has 2 aliphatic heterocycles. The molecule has 0 bridgehead atoms. The predicted octanol–water partition coefficient (Wildman–Crippen LogP) is 8.20. The van der Waals surface area contributed by atoms with E-state index in [1.165, 1.54) is 24.1 Å². The van der Waals surface area contributed by atoms with Crippen LogP contribution < -0.4 is 16.0 Å². The predicted molar refractivity (Wildman–Crippen MR) is 241 cm³/mol. The molecule has 0 atom stereocenters. The van der Waals surface area contributed by atoms with Crippen molar-refractivity contribution in [2.24, 2.45) is 10.8 Å². The molecule has 4 aliphatic rings. The summed E-state index contributed by atoms with van der Waals surface area (Å²) < 4.78 is 0. The lowest BCUT2D eigenvalue weighted by molar-refractivity contribution is -0.115. The third-order valence-corrected chi connectivity index (χ3v) is 10.6. The number of likely N-dealkylation sites (tertiary alicyclic amines) is 1. The maximum absolute atomic E-state index is 12.3. The molecule has 2 amide bonds. The first-order valence-electron chi connectivity index (χ1n) is 19.5. The fraction of sp³-hybridized carbons (Fsp3) is 0.500. The zero-order chi connectivity index (χ0) is 40.7. The molecule has 2 fully saturated rings. The highest BCUT2D eigenvalue weighted by atomic mass is 16.2. The van der Waals surface area contributed by atoms with Crippen LogP contribution in [-0.2, 0) is 25.2 Å². The van der Waals surface area contributed by atoms with Gasteiger partial charge in [-0.25, -0.2) is 0 Å². The molecule has 2 heterocycles. The first-order chi connectivity index (χ1) is 26.1. The molecule has 308 valence electrons. The Bertz CT molecular complexity index is 1830. The number of hydrogen-bond acceptors (Lipinski definition) is 5. The van der Waals surface area contributed by atoms with Crippen LogP contribution >= 0.6 is 0 Å². The summed E-state index contributed by atoms with van der Waals surface area (Å²) in [4.78, 5) is 36.7. The van der Waals surface area contributed by atoms with Crippen LogP contribution in [0.5, 0.6) is 0 Å². The van der Waals surface area contributed by atoms with E-state index in [2.05, 4.69) is 114 Å². The first-order valence-corrected chi connectivity index (χ1v) is 19.5. The number of allylic oxidation sites excluding steroid dienone is 2. The van der Waals surface area contributed by atoms with Gasteiger partial charge in [0.05, 0.1) is 0 Å². The van der Waals surface area contributed by atoms with E-state index in [1.807, 2.05) is 32.9 Å². The SMILES string of the molecule is C.C.C#CC#CC#C.CC(C)(C)CC=O.CNC(=O)C1=CC2(CCN(CCC(C)(C)C)CC2)c2ccccc21.CNC(=O)C1=CC2(CCNCC2)c2ccccc21. The van der Waals surface area contributed by atoms with Crippen LogP contribution in [0.3, 0.4) is 0 Å². The molecule has 0 radical (unpaired) electrons. The van der Waals surface area contributed by atoms with E-state index in [0.29, 0.717) is 11.8 Å². The largest absolute Gasteiger partial charge is 0.355 e. The number of nitrogens with zero attached hydrogens (tertiary/aromatic N) is 1. The molecule has 6 rings (SSSR count). The number of benzene rings is 2. The molecule has 2 saturated heterocycles. The van der Waals surface area contributed by atoms with E-state index >= 15 is 0 Å². The average molecular weight is 775 g/mol. The fourth-order valence-electron chi connectivity index (χ4n) is 7.50. The second-order valence-corrected chi connectivity index (χ2v) is 17.1. The zero-order valence-corrected chi connectivity index (χ0v) is 34.5. The van der Waals surface area contributed by atoms with E-state index < -0.39 is 0 Å². The van der Waals surface area contributed by atoms with Crippen LogP contribution in [0.15, 0.2) is 60.7 Å². The number of rotatable bonds is 5. The zero-order valence-electron chi connectivity index (χ0n) is 34.5. The molecule has 3 N–H and O–H groups in total. The van der Waals surface area contributed by atoms with Gasteiger partial charge in [0.15, 0.2) is 0 Å². The first kappa shape index (κ1) is 50.1. The highest BCUT2D eigenvalue weighted by Gasteiger charge is 2.42. The monoisotopic (exact) mass is 775 g/mol. The summed E-state index contributed by atoms with van der Waals surface area (Å²) in [5, 5.41) is 8.94. The molecule has 7 heteroatoms. The van der Waals surface area contributed by atoms with Crippen LogP contribution in [0.25, 0.3) is 11.1 Å². The Morgan fingerprint density at radius 2 is 1.16 bits per heavy atom. The third kappa shape index (κ3) is 13.9. The van der Waals surface area contributed by atoms with Crippen molar-refractivity contribution >= 4 is 29.2 Å². The van der Waals surface area contributed by atoms with Crippen molar-refractivity contribution in [3.05, 3.63) is 82.9 Å². The average Bonchev–Trinajstić information content (AvgIpc) is 3.66. The third-order valence-electron chi connectivity index (χ3n) is 10.6. The lowest BCUT2D eigenvalue weighted by atomic mass is 9.74. The Balaban J connectivity index is 0.000000433. The Morgan fingerprint density at radius 1 is 0.737 bits per heavy atom. The molecule has 2 aromatic rings. The van der Waals surface area contributed by atoms with Gasteiger partial charge in [0.2, 0.25) is 0 Å². The van der Waals surface area contributed by atoms with Gasteiger partial charge in [0, 0.05) is 42.5 Å². The van der Waals surface area contributed by atoms with Gasteiger partial charge in [-0.2, -0.15) is 0 Å². The van der Waals surface area contributed by atoms with Gasteiger partial charge in [-0.1, -0.05) is 117 Å². The number of amides is 2. The number of likely N-dealkylation sites (N-methyl/N-ethyl adjacent to an activating group) is 2. The minimum absolute atomic E-state index is 0. The highest BCUT2D eigenvalue weighted by Crippen LogP contribution is 2.48. The summed E-state index contributed by atoms with van der Waals surface area (Å²) in [6, 6.07) is 16.8. The van der Waals surface area contributed by atoms with Crippen molar-refractivity contribution in [1.29, 1.82) is 0 Å². The van der Waals surface area contributed by atoms with Crippen molar-refractivity contribution in [3.63, 3.8) is 0 Å². The standard InChI is InChI=1S/C21H30N2O.C15H18N2O.C6H12O.C6H2.2CH4/c1-20(2,3)9-12-23-13-10-21(11-14-23)15-17(19(24)22-4)16-7-5-6-8-18(16)21;1-16-14(18)12-10-15(6-8-17-9-7-15)13-5-3-2-4-11(12)13;1-6(2,3)4-5-7;1-3-5-6-4-2;;/h5-8,15H,9-14H2,1-4H3,(H,22,24);2-5,10,17H,6-9H2,1H3,(H,16,18);5H,4H2,1-3H3;1-2H;2*1H4. The summed E-state index contributed by atoms with van der Waals surface area (Å²) in [5.74, 6) is 8.67. The summed E-state index contributed by atoms with van der Waals surface area (Å²) in [5.41, 5.74) is 7.30. The van der Waals surface area contributed by atoms with Gasteiger partial charge in [0.1, 0.15) is 6.29 Å². The number of fused-ring (bicyclic) bond motifs is 4. The Kier molecular flexibility index (Phi) is 20.0. The smallest absolute Gasteiger partial charge is 0.251 e. The van der Waals surface area contributed by atoms with Crippen molar-refractivity contribution < 1.29 is 14.4 Å². The van der Waals surface area contributed by atoms with Gasteiger partial charge in [-0.3, -0.25) is 9.59 Å². The quantitative estimate of drug-likeness (QED) is 0.211. The number of piperidine rings is 2. The number of terminal acetylenes is 2. The molecule has 2 spiro atoms. The minimum Gasteiger partial charge on any atom is -0.355 e. The highest BCUT2D eigenvalue weighted by molar-refractivity contribution is 6.22. The van der Waals surface area contributed by atoms with E-state index in [4.69, 9.17) is 12.8 Å². The van der Waals surface area contributed by atoms with Crippen LogP contribution in [0.4, 0.5) is 0 Å². The second-order valence-electron chi connectivity index (χ2n) is 17.1. The van der Waals surface area contributed by atoms with E-state index in [0.717, 1.165) is 80.4 Å². The fourth-order valence-corrected chi connectivity index (χ4v) is 7.50. The molecule has 7 nitrogen and oxygen atoms in total. The summed E-state index contributed by atoms with van der Waals surface area (Å²) >= 11 is 0. The summed E-state index contributed by atoms with van der Waals surface area (Å²) in [6.07, 6.45) is 21.0. The number of carbonyl (C=O) groups is 3. The van der Waals surface area contributed by atoms with E-state index in [-0.39, 0.29) is 42.9 Å². The number of hydrogen-bond donors (Lipinski definition) is 3.